The second-order valence-electron chi connectivity index (χ2n) is 5.94. The molecule has 0 aliphatic heterocycles. The molecule has 0 N–H and O–H groups in total. The Balaban J connectivity index is 2.56. The summed E-state index contributed by atoms with van der Waals surface area (Å²) in [5, 5.41) is 4.57. The van der Waals surface area contributed by atoms with Crippen molar-refractivity contribution in [2.24, 2.45) is 7.05 Å². The van der Waals surface area contributed by atoms with Crippen molar-refractivity contribution < 1.29 is 0 Å². The highest BCUT2D eigenvalue weighted by Gasteiger charge is 2.23. The van der Waals surface area contributed by atoms with Crippen LogP contribution in [0.25, 0.3) is 11.2 Å². The average Bonchev–Trinajstić information content (AvgIpc) is 2.96. The summed E-state index contributed by atoms with van der Waals surface area (Å²) in [7, 11) is 2.01. The molecule has 5 heteroatoms. The summed E-state index contributed by atoms with van der Waals surface area (Å²) in [6.07, 6.45) is 5.62. The van der Waals surface area contributed by atoms with Gasteiger partial charge < -0.3 is 4.57 Å². The van der Waals surface area contributed by atoms with Crippen LogP contribution in [0.3, 0.4) is 0 Å². The summed E-state index contributed by atoms with van der Waals surface area (Å²) < 4.78 is 4.27. The summed E-state index contributed by atoms with van der Waals surface area (Å²) in [4.78, 5) is 4.83. The number of hydrogen-bond donors (Lipinski definition) is 0. The van der Waals surface area contributed by atoms with Crippen LogP contribution in [-0.2, 0) is 13.5 Å². The molecule has 4 nitrogen and oxygen atoms in total. The molecule has 2 heterocycles. The monoisotopic (exact) mass is 310 g/mol. The first-order valence-corrected chi connectivity index (χ1v) is 8.52. The molecule has 0 amide bonds. The Morgan fingerprint density at radius 3 is 2.48 bits per heavy atom. The molecule has 0 radical (unpaired) electrons. The number of rotatable bonds is 7. The first-order chi connectivity index (χ1) is 10.0. The van der Waals surface area contributed by atoms with Crippen LogP contribution < -0.4 is 0 Å². The Bertz CT molecular complexity index is 597. The minimum absolute atomic E-state index is 0.0871. The molecule has 0 bridgehead atoms. The highest BCUT2D eigenvalue weighted by molar-refractivity contribution is 6.20. The van der Waals surface area contributed by atoms with Gasteiger partial charge in [-0.15, -0.1) is 11.6 Å². The van der Waals surface area contributed by atoms with Crippen LogP contribution >= 0.6 is 11.6 Å². The Morgan fingerprint density at radius 1 is 1.19 bits per heavy atom. The fourth-order valence-electron chi connectivity index (χ4n) is 2.97. The maximum atomic E-state index is 6.38. The maximum absolute atomic E-state index is 6.38. The second kappa shape index (κ2) is 6.82. The Morgan fingerprint density at radius 2 is 1.90 bits per heavy atom. The fourth-order valence-corrected chi connectivity index (χ4v) is 3.12. The first kappa shape index (κ1) is 16.3. The zero-order chi connectivity index (χ0) is 15.6. The van der Waals surface area contributed by atoms with Crippen molar-refractivity contribution >= 4 is 22.8 Å². The zero-order valence-corrected chi connectivity index (χ0v) is 14.6. The van der Waals surface area contributed by atoms with Gasteiger partial charge in [0.15, 0.2) is 5.65 Å². The SMILES string of the molecule is CCCCC(C)n1c(C(C)Cl)nc2c(CCC)nn(C)c21. The molecule has 0 saturated heterocycles. The molecule has 0 saturated carbocycles. The molecule has 0 fully saturated rings. The number of imidazole rings is 1. The van der Waals surface area contributed by atoms with E-state index in [2.05, 4.69) is 30.4 Å². The highest BCUT2D eigenvalue weighted by Crippen LogP contribution is 2.31. The van der Waals surface area contributed by atoms with E-state index in [0.717, 1.165) is 41.9 Å². The van der Waals surface area contributed by atoms with Crippen LogP contribution in [-0.4, -0.2) is 19.3 Å². The average molecular weight is 311 g/mol. The van der Waals surface area contributed by atoms with Crippen molar-refractivity contribution in [3.05, 3.63) is 11.5 Å². The van der Waals surface area contributed by atoms with Gasteiger partial charge in [-0.3, -0.25) is 4.68 Å². The van der Waals surface area contributed by atoms with E-state index < -0.39 is 0 Å². The number of fused-ring (bicyclic) bond motifs is 1. The quantitative estimate of drug-likeness (QED) is 0.690. The van der Waals surface area contributed by atoms with E-state index in [-0.39, 0.29) is 5.38 Å². The Kier molecular flexibility index (Phi) is 5.31. The summed E-state index contributed by atoms with van der Waals surface area (Å²) in [5.41, 5.74) is 3.24. The third-order valence-electron chi connectivity index (χ3n) is 4.02. The molecular weight excluding hydrogens is 284 g/mol. The molecule has 0 aromatic carbocycles. The van der Waals surface area contributed by atoms with E-state index in [1.807, 2.05) is 18.7 Å². The number of alkyl halides is 1. The third-order valence-corrected chi connectivity index (χ3v) is 4.22. The van der Waals surface area contributed by atoms with Gasteiger partial charge in [0.05, 0.1) is 11.1 Å². The Hall–Kier alpha value is -1.03. The fraction of sp³-hybridized carbons (Fsp3) is 0.750. The summed E-state index contributed by atoms with van der Waals surface area (Å²) in [6.45, 7) is 8.65. The van der Waals surface area contributed by atoms with E-state index in [9.17, 15) is 0 Å². The number of unbranched alkanes of at least 4 members (excludes halogenated alkanes) is 1. The van der Waals surface area contributed by atoms with Gasteiger partial charge in [0.25, 0.3) is 0 Å². The number of aryl methyl sites for hydroxylation is 2. The lowest BCUT2D eigenvalue weighted by Gasteiger charge is -2.18. The number of hydrogen-bond acceptors (Lipinski definition) is 2. The minimum atomic E-state index is -0.0871. The van der Waals surface area contributed by atoms with Crippen molar-refractivity contribution in [2.45, 2.75) is 71.2 Å². The van der Waals surface area contributed by atoms with Crippen molar-refractivity contribution in [1.29, 1.82) is 0 Å². The van der Waals surface area contributed by atoms with E-state index in [4.69, 9.17) is 16.6 Å². The van der Waals surface area contributed by atoms with Gasteiger partial charge in [-0.1, -0.05) is 33.1 Å². The molecule has 0 aliphatic rings. The molecule has 118 valence electrons. The van der Waals surface area contributed by atoms with E-state index in [1.54, 1.807) is 0 Å². The zero-order valence-electron chi connectivity index (χ0n) is 13.9. The predicted molar refractivity (Wildman–Crippen MR) is 89.0 cm³/mol. The molecule has 21 heavy (non-hydrogen) atoms. The van der Waals surface area contributed by atoms with Gasteiger partial charge in [0, 0.05) is 13.1 Å². The minimum Gasteiger partial charge on any atom is -0.309 e. The van der Waals surface area contributed by atoms with Gasteiger partial charge in [-0.2, -0.15) is 5.10 Å². The molecule has 0 spiro atoms. The molecule has 2 rings (SSSR count). The van der Waals surface area contributed by atoms with Gasteiger partial charge in [0.2, 0.25) is 0 Å². The van der Waals surface area contributed by atoms with E-state index in [0.29, 0.717) is 6.04 Å². The Labute approximate surface area is 132 Å². The number of halogens is 1. The largest absolute Gasteiger partial charge is 0.309 e. The maximum Gasteiger partial charge on any atom is 0.158 e. The number of aromatic nitrogens is 4. The highest BCUT2D eigenvalue weighted by atomic mass is 35.5. The van der Waals surface area contributed by atoms with Crippen molar-refractivity contribution in [1.82, 2.24) is 19.3 Å². The van der Waals surface area contributed by atoms with Crippen LogP contribution in [0.5, 0.6) is 0 Å². The molecule has 2 aromatic heterocycles. The smallest absolute Gasteiger partial charge is 0.158 e. The lowest BCUT2D eigenvalue weighted by molar-refractivity contribution is 0.472. The summed E-state index contributed by atoms with van der Waals surface area (Å²) in [5.74, 6) is 0.973. The molecule has 2 unspecified atom stereocenters. The van der Waals surface area contributed by atoms with Crippen LogP contribution in [0, 0.1) is 0 Å². The topological polar surface area (TPSA) is 35.6 Å². The lowest BCUT2D eigenvalue weighted by Crippen LogP contribution is -2.12. The first-order valence-electron chi connectivity index (χ1n) is 8.08. The standard InChI is InChI=1S/C16H27ClN4/c1-6-8-10-11(3)21-15(12(4)17)18-14-13(9-7-2)19-20(5)16(14)21/h11-12H,6-10H2,1-5H3. The van der Waals surface area contributed by atoms with Crippen LogP contribution in [0.15, 0.2) is 0 Å². The molecular formula is C16H27ClN4. The van der Waals surface area contributed by atoms with Crippen molar-refractivity contribution in [3.8, 4) is 0 Å². The molecule has 0 aliphatic carbocycles. The lowest BCUT2D eigenvalue weighted by atomic mass is 10.1. The van der Waals surface area contributed by atoms with Gasteiger partial charge in [0.1, 0.15) is 11.3 Å². The third kappa shape index (κ3) is 3.10. The van der Waals surface area contributed by atoms with Crippen molar-refractivity contribution in [3.63, 3.8) is 0 Å². The van der Waals surface area contributed by atoms with Crippen molar-refractivity contribution in [2.75, 3.05) is 0 Å². The van der Waals surface area contributed by atoms with E-state index >= 15 is 0 Å². The molecule has 2 aromatic rings. The molecule has 2 atom stereocenters. The number of nitrogens with zero attached hydrogens (tertiary/aromatic N) is 4. The van der Waals surface area contributed by atoms with E-state index in [1.165, 1.54) is 12.8 Å². The van der Waals surface area contributed by atoms with Crippen LogP contribution in [0.2, 0.25) is 0 Å². The van der Waals surface area contributed by atoms with Crippen LogP contribution in [0.4, 0.5) is 0 Å². The normalized spacial score (nSPS) is 14.8. The van der Waals surface area contributed by atoms with Gasteiger partial charge in [-0.25, -0.2) is 4.98 Å². The van der Waals surface area contributed by atoms with Crippen LogP contribution in [0.1, 0.15) is 76.3 Å². The summed E-state index contributed by atoms with van der Waals surface area (Å²) in [6, 6.07) is 0.399. The van der Waals surface area contributed by atoms with Gasteiger partial charge in [-0.05, 0) is 26.7 Å². The summed E-state index contributed by atoms with van der Waals surface area (Å²) >= 11 is 6.38. The van der Waals surface area contributed by atoms with Gasteiger partial charge >= 0.3 is 0 Å². The predicted octanol–water partition coefficient (Wildman–Crippen LogP) is 4.77. The second-order valence-corrected chi connectivity index (χ2v) is 6.59.